The number of hydrogen-bond donors (Lipinski definition) is 0. The van der Waals surface area contributed by atoms with E-state index < -0.39 is 9.84 Å². The van der Waals surface area contributed by atoms with Crippen LogP contribution >= 0.6 is 0 Å². The van der Waals surface area contributed by atoms with Gasteiger partial charge < -0.3 is 0 Å². The molecular formula is C15H13N3O2S. The second-order valence-corrected chi connectivity index (χ2v) is 6.63. The fraction of sp³-hybridized carbons (Fsp3) is 0.0667. The van der Waals surface area contributed by atoms with Gasteiger partial charge in [0.1, 0.15) is 0 Å². The maximum atomic E-state index is 11.7. The molecule has 0 spiro atoms. The molecule has 2 aromatic heterocycles. The Kier molecular flexibility index (Phi) is 3.31. The first-order chi connectivity index (χ1) is 10.1. The van der Waals surface area contributed by atoms with Crippen LogP contribution in [-0.2, 0) is 9.84 Å². The molecule has 0 atom stereocenters. The van der Waals surface area contributed by atoms with Crippen LogP contribution in [0.3, 0.4) is 0 Å². The smallest absolute Gasteiger partial charge is 0.175 e. The Morgan fingerprint density at radius 2 is 1.76 bits per heavy atom. The van der Waals surface area contributed by atoms with E-state index in [4.69, 9.17) is 0 Å². The van der Waals surface area contributed by atoms with Crippen LogP contribution in [0.25, 0.3) is 17.1 Å². The average molecular weight is 299 g/mol. The summed E-state index contributed by atoms with van der Waals surface area (Å²) >= 11 is 0. The molecule has 0 saturated carbocycles. The minimum absolute atomic E-state index is 0.224. The zero-order chi connectivity index (χ0) is 14.9. The molecule has 2 heterocycles. The number of sulfone groups is 1. The average Bonchev–Trinajstić information content (AvgIpc) is 2.97. The van der Waals surface area contributed by atoms with E-state index in [-0.39, 0.29) is 4.90 Å². The minimum atomic E-state index is -3.27. The first-order valence-electron chi connectivity index (χ1n) is 6.31. The van der Waals surface area contributed by atoms with E-state index in [2.05, 4.69) is 10.1 Å². The number of pyridine rings is 1. The lowest BCUT2D eigenvalue weighted by molar-refractivity contribution is 0.601. The van der Waals surface area contributed by atoms with Crippen molar-refractivity contribution in [1.82, 2.24) is 14.8 Å². The predicted octanol–water partition coefficient (Wildman–Crippen LogP) is 2.34. The van der Waals surface area contributed by atoms with E-state index >= 15 is 0 Å². The third kappa shape index (κ3) is 2.71. The predicted molar refractivity (Wildman–Crippen MR) is 79.9 cm³/mol. The van der Waals surface area contributed by atoms with E-state index in [1.54, 1.807) is 10.9 Å². The number of nitrogens with zero attached hydrogens (tertiary/aromatic N) is 3. The molecule has 0 fully saturated rings. The van der Waals surface area contributed by atoms with Crippen molar-refractivity contribution in [3.8, 4) is 17.1 Å². The zero-order valence-electron chi connectivity index (χ0n) is 11.3. The molecule has 0 amide bonds. The van der Waals surface area contributed by atoms with Crippen molar-refractivity contribution in [2.45, 2.75) is 4.90 Å². The normalized spacial score (nSPS) is 11.5. The van der Waals surface area contributed by atoms with Gasteiger partial charge in [0.15, 0.2) is 15.7 Å². The molecule has 3 aromatic rings. The highest BCUT2D eigenvalue weighted by molar-refractivity contribution is 7.90. The van der Waals surface area contributed by atoms with Crippen molar-refractivity contribution >= 4 is 9.84 Å². The van der Waals surface area contributed by atoms with Crippen LogP contribution in [0.5, 0.6) is 0 Å². The van der Waals surface area contributed by atoms with Crippen molar-refractivity contribution in [3.05, 3.63) is 60.9 Å². The molecule has 1 aromatic carbocycles. The van der Waals surface area contributed by atoms with Crippen LogP contribution in [0.2, 0.25) is 0 Å². The molecule has 6 heteroatoms. The Labute approximate surface area is 122 Å². The van der Waals surface area contributed by atoms with Gasteiger partial charge in [0.25, 0.3) is 0 Å². The van der Waals surface area contributed by atoms with Crippen molar-refractivity contribution < 1.29 is 8.42 Å². The maximum absolute atomic E-state index is 11.7. The summed E-state index contributed by atoms with van der Waals surface area (Å²) < 4.78 is 24.9. The number of aromatic nitrogens is 3. The molecular weight excluding hydrogens is 286 g/mol. The van der Waals surface area contributed by atoms with Crippen LogP contribution in [0, 0.1) is 0 Å². The van der Waals surface area contributed by atoms with Gasteiger partial charge in [-0.2, -0.15) is 5.10 Å². The highest BCUT2D eigenvalue weighted by Gasteiger charge is 2.12. The second-order valence-electron chi connectivity index (χ2n) is 4.62. The molecule has 3 rings (SSSR count). The van der Waals surface area contributed by atoms with Crippen LogP contribution in [0.1, 0.15) is 0 Å². The summed E-state index contributed by atoms with van der Waals surface area (Å²) in [6.07, 6.45) is 4.31. The summed E-state index contributed by atoms with van der Waals surface area (Å²) in [7, 11) is -3.27. The fourth-order valence-corrected chi connectivity index (χ4v) is 2.69. The Morgan fingerprint density at radius 1 is 1.00 bits per heavy atom. The highest BCUT2D eigenvalue weighted by atomic mass is 32.2. The third-order valence-corrected chi connectivity index (χ3v) is 4.18. The van der Waals surface area contributed by atoms with Gasteiger partial charge in [-0.3, -0.25) is 0 Å². The van der Waals surface area contributed by atoms with Crippen molar-refractivity contribution in [2.24, 2.45) is 0 Å². The van der Waals surface area contributed by atoms with Gasteiger partial charge >= 0.3 is 0 Å². The van der Waals surface area contributed by atoms with Gasteiger partial charge in [0, 0.05) is 24.1 Å². The van der Waals surface area contributed by atoms with E-state index in [1.165, 1.54) is 24.6 Å². The van der Waals surface area contributed by atoms with Gasteiger partial charge in [-0.05, 0) is 12.1 Å². The second kappa shape index (κ2) is 5.14. The van der Waals surface area contributed by atoms with E-state index in [1.807, 2.05) is 36.4 Å². The topological polar surface area (TPSA) is 64.8 Å². The molecule has 0 radical (unpaired) electrons. The summed E-state index contributed by atoms with van der Waals surface area (Å²) in [4.78, 5) is 4.44. The van der Waals surface area contributed by atoms with Gasteiger partial charge in [0.05, 0.1) is 16.8 Å². The first-order valence-corrected chi connectivity index (χ1v) is 8.21. The number of benzene rings is 1. The van der Waals surface area contributed by atoms with E-state index in [0.717, 1.165) is 11.3 Å². The molecule has 0 aliphatic carbocycles. The van der Waals surface area contributed by atoms with Crippen molar-refractivity contribution in [2.75, 3.05) is 6.26 Å². The summed E-state index contributed by atoms with van der Waals surface area (Å²) in [5.74, 6) is 0.474. The van der Waals surface area contributed by atoms with Gasteiger partial charge in [-0.1, -0.05) is 30.3 Å². The third-order valence-electron chi connectivity index (χ3n) is 3.07. The van der Waals surface area contributed by atoms with Crippen LogP contribution in [0.4, 0.5) is 0 Å². The lowest BCUT2D eigenvalue weighted by atomic mass is 10.1. The molecule has 0 unspecified atom stereocenters. The lowest BCUT2D eigenvalue weighted by Gasteiger charge is -2.07. The largest absolute Gasteiger partial charge is 0.237 e. The SMILES string of the molecule is CS(=O)(=O)c1ccnc(-n2nccc2-c2ccccc2)c1. The summed E-state index contributed by atoms with van der Waals surface area (Å²) in [6.45, 7) is 0. The number of hydrogen-bond acceptors (Lipinski definition) is 4. The Balaban J connectivity index is 2.13. The van der Waals surface area contributed by atoms with Crippen LogP contribution in [-0.4, -0.2) is 29.4 Å². The quantitative estimate of drug-likeness (QED) is 0.744. The first kappa shape index (κ1) is 13.5. The van der Waals surface area contributed by atoms with Crippen molar-refractivity contribution in [3.63, 3.8) is 0 Å². The molecule has 21 heavy (non-hydrogen) atoms. The van der Waals surface area contributed by atoms with E-state index in [9.17, 15) is 8.42 Å². The molecule has 0 N–H and O–H groups in total. The lowest BCUT2D eigenvalue weighted by Crippen LogP contribution is -2.04. The summed E-state index contributed by atoms with van der Waals surface area (Å²) in [5, 5.41) is 4.25. The Bertz CT molecular complexity index is 871. The number of rotatable bonds is 3. The zero-order valence-corrected chi connectivity index (χ0v) is 12.2. The Hall–Kier alpha value is -2.47. The van der Waals surface area contributed by atoms with Crippen LogP contribution < -0.4 is 0 Å². The molecule has 0 bridgehead atoms. The van der Waals surface area contributed by atoms with Gasteiger partial charge in [-0.15, -0.1) is 0 Å². The van der Waals surface area contributed by atoms with Crippen molar-refractivity contribution in [1.29, 1.82) is 0 Å². The highest BCUT2D eigenvalue weighted by Crippen LogP contribution is 2.22. The standard InChI is InChI=1S/C15H13N3O2S/c1-21(19,20)13-7-9-16-15(11-13)18-14(8-10-17-18)12-5-3-2-4-6-12/h2-11H,1H3. The minimum Gasteiger partial charge on any atom is -0.237 e. The summed E-state index contributed by atoms with van der Waals surface area (Å²) in [6, 6.07) is 14.6. The van der Waals surface area contributed by atoms with E-state index in [0.29, 0.717) is 5.82 Å². The van der Waals surface area contributed by atoms with Gasteiger partial charge in [0.2, 0.25) is 0 Å². The van der Waals surface area contributed by atoms with Crippen LogP contribution in [0.15, 0.2) is 65.8 Å². The molecule has 0 aliphatic heterocycles. The van der Waals surface area contributed by atoms with Gasteiger partial charge in [-0.25, -0.2) is 18.1 Å². The molecule has 5 nitrogen and oxygen atoms in total. The fourth-order valence-electron chi connectivity index (χ4n) is 2.06. The molecule has 106 valence electrons. The molecule has 0 saturated heterocycles. The maximum Gasteiger partial charge on any atom is 0.175 e. The Morgan fingerprint density at radius 3 is 2.48 bits per heavy atom. The molecule has 0 aliphatic rings. The summed E-state index contributed by atoms with van der Waals surface area (Å²) in [5.41, 5.74) is 1.84. The monoisotopic (exact) mass is 299 g/mol.